The molecule has 3 nitrogen and oxygen atoms in total. The van der Waals surface area contributed by atoms with Gasteiger partial charge in [-0.1, -0.05) is 54.1 Å². The third-order valence-electron chi connectivity index (χ3n) is 5.82. The first-order valence-corrected chi connectivity index (χ1v) is 11.8. The summed E-state index contributed by atoms with van der Waals surface area (Å²) in [6.07, 6.45) is 6.93. The van der Waals surface area contributed by atoms with E-state index < -0.39 is 15.8 Å². The van der Waals surface area contributed by atoms with Gasteiger partial charge in [-0.25, -0.2) is 12.8 Å². The Morgan fingerprint density at radius 2 is 1.93 bits per heavy atom. The van der Waals surface area contributed by atoms with Crippen molar-refractivity contribution in [3.05, 3.63) is 77.1 Å². The molecule has 0 N–H and O–H groups in total. The summed E-state index contributed by atoms with van der Waals surface area (Å²) in [6.45, 7) is 14.6. The number of piperidine rings is 1. The van der Waals surface area contributed by atoms with Crippen LogP contribution in [-0.4, -0.2) is 24.8 Å². The number of sulfonamides is 1. The van der Waals surface area contributed by atoms with Crippen molar-refractivity contribution in [1.29, 1.82) is 0 Å². The number of fused-ring (bicyclic) bond motifs is 4. The van der Waals surface area contributed by atoms with Crippen LogP contribution in [0.25, 0.3) is 0 Å². The van der Waals surface area contributed by atoms with Crippen molar-refractivity contribution in [2.75, 3.05) is 0 Å². The van der Waals surface area contributed by atoms with Crippen molar-refractivity contribution in [3.63, 3.8) is 0 Å². The lowest BCUT2D eigenvalue weighted by molar-refractivity contribution is 0.0491. The molecule has 2 bridgehead atoms. The van der Waals surface area contributed by atoms with Gasteiger partial charge in [-0.05, 0) is 61.1 Å². The molecule has 3 aliphatic rings. The van der Waals surface area contributed by atoms with Crippen LogP contribution in [0.1, 0.15) is 33.6 Å². The maximum Gasteiger partial charge on any atom is 0.243 e. The number of halogens is 2. The van der Waals surface area contributed by atoms with Crippen molar-refractivity contribution >= 4 is 26.0 Å². The molecule has 1 aromatic rings. The first-order chi connectivity index (χ1) is 13.4. The second-order valence-electron chi connectivity index (χ2n) is 8.68. The largest absolute Gasteiger partial charge is 0.243 e. The summed E-state index contributed by atoms with van der Waals surface area (Å²) in [5.74, 6) is -0.563. The van der Waals surface area contributed by atoms with Crippen LogP contribution in [0.15, 0.2) is 76.2 Å². The Balaban J connectivity index is 2.23. The minimum Gasteiger partial charge on any atom is -0.207 e. The lowest BCUT2D eigenvalue weighted by atomic mass is 9.64. The fourth-order valence-electron chi connectivity index (χ4n) is 4.70. The molecule has 156 valence electrons. The highest BCUT2D eigenvalue weighted by molar-refractivity contribution is 9.12. The van der Waals surface area contributed by atoms with Crippen molar-refractivity contribution in [3.8, 4) is 0 Å². The van der Waals surface area contributed by atoms with E-state index in [1.807, 2.05) is 25.2 Å². The highest BCUT2D eigenvalue weighted by atomic mass is 79.9. The van der Waals surface area contributed by atoms with E-state index in [0.29, 0.717) is 12.8 Å². The fourth-order valence-corrected chi connectivity index (χ4v) is 6.88. The standard InChI is InChI=1S/C23H27BrFNO2S/c1-15(2)13-21-22-16(3)20(24)8-6-7-18(14-23(22,4)5)26(21)29(27,28)19-11-9-17(25)10-12-19/h6-12,18,21-22H,1,3,13-14H2,2,4-5H3/b7-6-,20-8+. The van der Waals surface area contributed by atoms with Crippen LogP contribution in [-0.2, 0) is 10.0 Å². The second-order valence-corrected chi connectivity index (χ2v) is 11.4. The van der Waals surface area contributed by atoms with E-state index in [1.54, 1.807) is 4.31 Å². The molecular weight excluding hydrogens is 453 g/mol. The molecule has 4 rings (SSSR count). The van der Waals surface area contributed by atoms with Crippen LogP contribution < -0.4 is 0 Å². The van der Waals surface area contributed by atoms with Crippen LogP contribution in [0.5, 0.6) is 0 Å². The van der Waals surface area contributed by atoms with Crippen LogP contribution in [0.4, 0.5) is 4.39 Å². The Kier molecular flexibility index (Phi) is 6.10. The van der Waals surface area contributed by atoms with Gasteiger partial charge in [0.1, 0.15) is 5.82 Å². The molecule has 6 heteroatoms. The quantitative estimate of drug-likeness (QED) is 0.498. The zero-order valence-corrected chi connectivity index (χ0v) is 19.4. The molecule has 1 fully saturated rings. The summed E-state index contributed by atoms with van der Waals surface area (Å²) in [5.41, 5.74) is 1.62. The van der Waals surface area contributed by atoms with Gasteiger partial charge in [0.15, 0.2) is 0 Å². The highest BCUT2D eigenvalue weighted by Crippen LogP contribution is 2.51. The number of benzene rings is 1. The van der Waals surface area contributed by atoms with Crippen molar-refractivity contribution in [1.82, 2.24) is 4.31 Å². The summed E-state index contributed by atoms with van der Waals surface area (Å²) in [5, 5.41) is 0. The van der Waals surface area contributed by atoms with Gasteiger partial charge in [-0.3, -0.25) is 0 Å². The van der Waals surface area contributed by atoms with Gasteiger partial charge in [0.2, 0.25) is 10.0 Å². The molecule has 2 heterocycles. The minimum absolute atomic E-state index is 0.0966. The molecule has 0 amide bonds. The van der Waals surface area contributed by atoms with Crippen LogP contribution in [0.2, 0.25) is 0 Å². The number of hydrogen-bond donors (Lipinski definition) is 0. The Morgan fingerprint density at radius 1 is 1.31 bits per heavy atom. The molecule has 0 spiro atoms. The van der Waals surface area contributed by atoms with Crippen LogP contribution in [0, 0.1) is 17.2 Å². The van der Waals surface area contributed by atoms with E-state index >= 15 is 0 Å². The third kappa shape index (κ3) is 4.21. The molecule has 0 aromatic heterocycles. The Labute approximate surface area is 181 Å². The summed E-state index contributed by atoms with van der Waals surface area (Å²) in [6, 6.07) is 4.38. The molecule has 1 aromatic carbocycles. The monoisotopic (exact) mass is 479 g/mol. The van der Waals surface area contributed by atoms with Gasteiger partial charge in [0.05, 0.1) is 4.90 Å². The Morgan fingerprint density at radius 3 is 2.52 bits per heavy atom. The zero-order chi connectivity index (χ0) is 21.6. The van der Waals surface area contributed by atoms with E-state index in [0.717, 1.165) is 15.6 Å². The van der Waals surface area contributed by atoms with Crippen LogP contribution in [0.3, 0.4) is 0 Å². The molecule has 1 saturated heterocycles. The zero-order valence-electron chi connectivity index (χ0n) is 17.0. The Hall–Kier alpha value is -1.50. The van der Waals surface area contributed by atoms with Gasteiger partial charge in [0, 0.05) is 22.5 Å². The number of nitrogens with zero attached hydrogens (tertiary/aromatic N) is 1. The molecule has 29 heavy (non-hydrogen) atoms. The predicted molar refractivity (Wildman–Crippen MR) is 120 cm³/mol. The van der Waals surface area contributed by atoms with Gasteiger partial charge in [-0.2, -0.15) is 4.31 Å². The molecule has 1 aliphatic carbocycles. The normalized spacial score (nSPS) is 30.0. The Bertz CT molecular complexity index is 992. The van der Waals surface area contributed by atoms with E-state index in [9.17, 15) is 12.8 Å². The maximum atomic E-state index is 13.7. The van der Waals surface area contributed by atoms with Crippen molar-refractivity contribution in [2.45, 2.75) is 50.6 Å². The van der Waals surface area contributed by atoms with Gasteiger partial charge in [0.25, 0.3) is 0 Å². The maximum absolute atomic E-state index is 13.7. The summed E-state index contributed by atoms with van der Waals surface area (Å²) in [4.78, 5) is 0.0966. The molecular formula is C23H27BrFNO2S. The van der Waals surface area contributed by atoms with E-state index in [2.05, 4.69) is 42.9 Å². The predicted octanol–water partition coefficient (Wildman–Crippen LogP) is 5.97. The van der Waals surface area contributed by atoms with E-state index in [-0.39, 0.29) is 28.3 Å². The second kappa shape index (κ2) is 7.97. The number of rotatable bonds is 4. The average molecular weight is 480 g/mol. The van der Waals surface area contributed by atoms with Gasteiger partial charge >= 0.3 is 0 Å². The molecule has 0 saturated carbocycles. The first-order valence-electron chi connectivity index (χ1n) is 9.62. The number of allylic oxidation sites excluding steroid dienone is 3. The molecule has 0 radical (unpaired) electrons. The van der Waals surface area contributed by atoms with Crippen molar-refractivity contribution < 1.29 is 12.8 Å². The highest BCUT2D eigenvalue weighted by Gasteiger charge is 2.52. The van der Waals surface area contributed by atoms with E-state index in [1.165, 1.54) is 24.3 Å². The van der Waals surface area contributed by atoms with Crippen LogP contribution >= 0.6 is 15.9 Å². The minimum atomic E-state index is -3.86. The summed E-state index contributed by atoms with van der Waals surface area (Å²) < 4.78 is 43.4. The lowest BCUT2D eigenvalue weighted by Gasteiger charge is -2.53. The van der Waals surface area contributed by atoms with Gasteiger partial charge < -0.3 is 0 Å². The smallest absolute Gasteiger partial charge is 0.207 e. The SMILES string of the molecule is C=C(C)CC1C2C(=C)/C(Br)=C\C=C/C(CC2(C)C)N1S(=O)(=O)c1ccc(F)cc1. The lowest BCUT2D eigenvalue weighted by Crippen LogP contribution is -2.58. The topological polar surface area (TPSA) is 37.4 Å². The number of hydrogen-bond acceptors (Lipinski definition) is 2. The summed E-state index contributed by atoms with van der Waals surface area (Å²) in [7, 11) is -3.86. The molecule has 3 atom stereocenters. The van der Waals surface area contributed by atoms with Gasteiger partial charge in [-0.15, -0.1) is 6.58 Å². The average Bonchev–Trinajstić information content (AvgIpc) is 2.66. The summed E-state index contributed by atoms with van der Waals surface area (Å²) >= 11 is 3.62. The first kappa shape index (κ1) is 22.2. The van der Waals surface area contributed by atoms with E-state index in [4.69, 9.17) is 0 Å². The van der Waals surface area contributed by atoms with Crippen molar-refractivity contribution in [2.24, 2.45) is 11.3 Å². The molecule has 3 unspecified atom stereocenters. The fraction of sp³-hybridized carbons (Fsp3) is 0.391. The third-order valence-corrected chi connectivity index (χ3v) is 8.56. The molecule has 2 aliphatic heterocycles.